The van der Waals surface area contributed by atoms with E-state index < -0.39 is 0 Å². The fraction of sp³-hybridized carbons (Fsp3) is 0.0833. The third kappa shape index (κ3) is 1.42. The number of hydrogen-bond acceptors (Lipinski definition) is 1. The molecule has 0 saturated carbocycles. The molecule has 3 aromatic rings. The van der Waals surface area contributed by atoms with Crippen LogP contribution < -0.4 is 0 Å². The molecule has 0 unspecified atom stereocenters. The molecule has 3 nitrogen and oxygen atoms in total. The number of hydrogen-bond donors (Lipinski definition) is 0. The Bertz CT molecular complexity index is 563. The maximum Gasteiger partial charge on any atom is 0.0997 e. The normalized spacial score (nSPS) is 10.9. The van der Waals surface area contributed by atoms with Crippen LogP contribution in [-0.4, -0.2) is 14.1 Å². The van der Waals surface area contributed by atoms with Gasteiger partial charge < -0.3 is 9.13 Å². The van der Waals surface area contributed by atoms with Gasteiger partial charge in [0, 0.05) is 12.4 Å². The topological polar surface area (TPSA) is 22.8 Å². The molecule has 0 N–H and O–H groups in total. The molecule has 0 aliphatic carbocycles. The maximum absolute atomic E-state index is 4.35. The van der Waals surface area contributed by atoms with Gasteiger partial charge >= 0.3 is 0 Å². The van der Waals surface area contributed by atoms with E-state index in [0.29, 0.717) is 0 Å². The van der Waals surface area contributed by atoms with Crippen LogP contribution in [0.4, 0.5) is 0 Å². The highest BCUT2D eigenvalue weighted by Crippen LogP contribution is 2.11. The highest BCUT2D eigenvalue weighted by atomic mass is 15.2. The van der Waals surface area contributed by atoms with E-state index in [1.54, 1.807) is 0 Å². The van der Waals surface area contributed by atoms with E-state index in [4.69, 9.17) is 0 Å². The van der Waals surface area contributed by atoms with E-state index in [0.717, 1.165) is 12.2 Å². The van der Waals surface area contributed by atoms with Gasteiger partial charge in [0.1, 0.15) is 0 Å². The molecule has 0 amide bonds. The molecule has 0 aliphatic heterocycles. The predicted octanol–water partition coefficient (Wildman–Crippen LogP) is 2.34. The highest BCUT2D eigenvalue weighted by molar-refractivity contribution is 5.74. The lowest BCUT2D eigenvalue weighted by atomic mass is 10.3. The summed E-state index contributed by atoms with van der Waals surface area (Å²) in [4.78, 5) is 4.35. The summed E-state index contributed by atoms with van der Waals surface area (Å²) >= 11 is 0. The van der Waals surface area contributed by atoms with Gasteiger partial charge in [-0.05, 0) is 24.3 Å². The minimum Gasteiger partial charge on any atom is -0.336 e. The van der Waals surface area contributed by atoms with Crippen molar-refractivity contribution in [2.24, 2.45) is 0 Å². The molecule has 0 bridgehead atoms. The minimum atomic E-state index is 0.813. The van der Waals surface area contributed by atoms with Crippen molar-refractivity contribution in [3.05, 3.63) is 55.1 Å². The van der Waals surface area contributed by atoms with Crippen LogP contribution in [0.3, 0.4) is 0 Å². The van der Waals surface area contributed by atoms with Gasteiger partial charge in [-0.2, -0.15) is 0 Å². The second-order valence-electron chi connectivity index (χ2n) is 3.54. The van der Waals surface area contributed by atoms with Gasteiger partial charge in [0.15, 0.2) is 0 Å². The van der Waals surface area contributed by atoms with Crippen molar-refractivity contribution in [3.8, 4) is 0 Å². The molecular weight excluding hydrogens is 186 g/mol. The maximum atomic E-state index is 4.35. The van der Waals surface area contributed by atoms with Crippen LogP contribution in [0.1, 0.15) is 0 Å². The average molecular weight is 197 g/mol. The van der Waals surface area contributed by atoms with Gasteiger partial charge in [-0.3, -0.25) is 0 Å². The monoisotopic (exact) mass is 197 g/mol. The summed E-state index contributed by atoms with van der Waals surface area (Å²) in [6.45, 7) is 0.813. The molecule has 74 valence electrons. The molecule has 0 saturated heterocycles. The predicted molar refractivity (Wildman–Crippen MR) is 59.6 cm³/mol. The second kappa shape index (κ2) is 3.28. The summed E-state index contributed by atoms with van der Waals surface area (Å²) < 4.78 is 4.25. The second-order valence-corrected chi connectivity index (χ2v) is 3.54. The lowest BCUT2D eigenvalue weighted by Crippen LogP contribution is -2.04. The zero-order chi connectivity index (χ0) is 10.1. The van der Waals surface area contributed by atoms with E-state index in [-0.39, 0.29) is 0 Å². The fourth-order valence-corrected chi connectivity index (χ4v) is 1.76. The van der Waals surface area contributed by atoms with E-state index in [2.05, 4.69) is 32.6 Å². The molecule has 0 radical (unpaired) electrons. The fourth-order valence-electron chi connectivity index (χ4n) is 1.76. The summed E-state index contributed by atoms with van der Waals surface area (Å²) in [5.74, 6) is 0. The summed E-state index contributed by atoms with van der Waals surface area (Å²) in [5, 5.41) is 0. The first kappa shape index (κ1) is 8.29. The number of aromatic nitrogens is 3. The van der Waals surface area contributed by atoms with Crippen molar-refractivity contribution in [1.29, 1.82) is 0 Å². The van der Waals surface area contributed by atoms with Crippen molar-refractivity contribution >= 4 is 11.0 Å². The first-order valence-corrected chi connectivity index (χ1v) is 4.94. The van der Waals surface area contributed by atoms with Crippen molar-refractivity contribution in [2.45, 2.75) is 6.67 Å². The molecule has 3 heteroatoms. The first-order chi connectivity index (χ1) is 7.43. The Balaban J connectivity index is 2.05. The van der Waals surface area contributed by atoms with Crippen molar-refractivity contribution in [2.75, 3.05) is 0 Å². The third-order valence-electron chi connectivity index (χ3n) is 2.51. The van der Waals surface area contributed by atoms with Gasteiger partial charge in [-0.15, -0.1) is 0 Å². The standard InChI is InChI=1S/C12H11N3/c1-2-6-12-11(5-1)13-9-15(12)10-14-7-3-4-8-14/h1-9H,10H2. The van der Waals surface area contributed by atoms with E-state index >= 15 is 0 Å². The van der Waals surface area contributed by atoms with Gasteiger partial charge in [0.05, 0.1) is 24.0 Å². The summed E-state index contributed by atoms with van der Waals surface area (Å²) in [5.41, 5.74) is 2.22. The number of nitrogens with zero attached hydrogens (tertiary/aromatic N) is 3. The van der Waals surface area contributed by atoms with Crippen LogP contribution >= 0.6 is 0 Å². The Morgan fingerprint density at radius 3 is 2.67 bits per heavy atom. The van der Waals surface area contributed by atoms with Gasteiger partial charge in [-0.25, -0.2) is 4.98 Å². The smallest absolute Gasteiger partial charge is 0.0997 e. The molecule has 0 aliphatic rings. The number of rotatable bonds is 2. The van der Waals surface area contributed by atoms with Gasteiger partial charge in [-0.1, -0.05) is 12.1 Å². The van der Waals surface area contributed by atoms with Crippen LogP contribution in [0, 0.1) is 0 Å². The number of imidazole rings is 1. The average Bonchev–Trinajstić information content (AvgIpc) is 2.89. The highest BCUT2D eigenvalue weighted by Gasteiger charge is 2.00. The quantitative estimate of drug-likeness (QED) is 0.618. The largest absolute Gasteiger partial charge is 0.336 e. The SMILES string of the molecule is c1ccc2c(c1)ncn2Cn1cccc1. The van der Waals surface area contributed by atoms with Crippen LogP contribution in [-0.2, 0) is 6.67 Å². The first-order valence-electron chi connectivity index (χ1n) is 4.94. The molecule has 1 aromatic carbocycles. The molecule has 2 heterocycles. The summed E-state index contributed by atoms with van der Waals surface area (Å²) in [7, 11) is 0. The Hall–Kier alpha value is -2.03. The van der Waals surface area contributed by atoms with Crippen molar-refractivity contribution < 1.29 is 0 Å². The van der Waals surface area contributed by atoms with Crippen LogP contribution in [0.25, 0.3) is 11.0 Å². The molecular formula is C12H11N3. The Morgan fingerprint density at radius 1 is 1.00 bits per heavy atom. The van der Waals surface area contributed by atoms with Crippen molar-refractivity contribution in [1.82, 2.24) is 14.1 Å². The number of para-hydroxylation sites is 2. The van der Waals surface area contributed by atoms with Gasteiger partial charge in [0.25, 0.3) is 0 Å². The molecule has 2 aromatic heterocycles. The Labute approximate surface area is 87.6 Å². The Kier molecular flexibility index (Phi) is 1.81. The lowest BCUT2D eigenvalue weighted by Gasteiger charge is -2.04. The van der Waals surface area contributed by atoms with Crippen LogP contribution in [0.5, 0.6) is 0 Å². The van der Waals surface area contributed by atoms with E-state index in [1.807, 2.05) is 36.7 Å². The molecule has 0 atom stereocenters. The van der Waals surface area contributed by atoms with Crippen LogP contribution in [0.2, 0.25) is 0 Å². The molecule has 3 rings (SSSR count). The summed E-state index contributed by atoms with van der Waals surface area (Å²) in [6.07, 6.45) is 5.98. The van der Waals surface area contributed by atoms with Gasteiger partial charge in [0.2, 0.25) is 0 Å². The van der Waals surface area contributed by atoms with E-state index in [1.165, 1.54) is 5.52 Å². The zero-order valence-electron chi connectivity index (χ0n) is 8.24. The summed E-state index contributed by atoms with van der Waals surface area (Å²) in [6, 6.07) is 12.2. The Morgan fingerprint density at radius 2 is 1.80 bits per heavy atom. The lowest BCUT2D eigenvalue weighted by molar-refractivity contribution is 0.625. The number of fused-ring (bicyclic) bond motifs is 1. The zero-order valence-corrected chi connectivity index (χ0v) is 8.24. The number of benzene rings is 1. The third-order valence-corrected chi connectivity index (χ3v) is 2.51. The molecule has 15 heavy (non-hydrogen) atoms. The van der Waals surface area contributed by atoms with Crippen LogP contribution in [0.15, 0.2) is 55.1 Å². The van der Waals surface area contributed by atoms with Crippen molar-refractivity contribution in [3.63, 3.8) is 0 Å². The van der Waals surface area contributed by atoms with E-state index in [9.17, 15) is 0 Å². The minimum absolute atomic E-state index is 0.813. The molecule has 0 fully saturated rings. The molecule has 0 spiro atoms.